The van der Waals surface area contributed by atoms with Crippen LogP contribution in [0.4, 0.5) is 4.39 Å². The van der Waals surface area contributed by atoms with E-state index in [4.69, 9.17) is 18.7 Å². The van der Waals surface area contributed by atoms with Crippen molar-refractivity contribution in [3.8, 4) is 22.9 Å². The van der Waals surface area contributed by atoms with E-state index in [0.717, 1.165) is 6.08 Å². The Hall–Kier alpha value is -3.20. The molecule has 1 heterocycles. The standard InChI is InChI=1S/C20H16BrFN2O5/c1-26-14-5-6-15(17(10-14)27-2)20-23-18(29-24-20)11-28-19(25)8-3-12-9-13(21)4-7-16(12)22/h3-10H,11H2,1-2H3/b8-3+. The molecule has 0 fully saturated rings. The van der Waals surface area contributed by atoms with Crippen LogP contribution in [0.15, 0.2) is 51.5 Å². The molecule has 0 N–H and O–H groups in total. The van der Waals surface area contributed by atoms with Crippen molar-refractivity contribution in [2.75, 3.05) is 14.2 Å². The lowest BCUT2D eigenvalue weighted by Gasteiger charge is -2.07. The summed E-state index contributed by atoms with van der Waals surface area (Å²) in [4.78, 5) is 16.1. The maximum absolute atomic E-state index is 13.7. The van der Waals surface area contributed by atoms with Crippen molar-refractivity contribution >= 4 is 28.0 Å². The molecule has 0 aliphatic heterocycles. The van der Waals surface area contributed by atoms with Crippen molar-refractivity contribution in [2.24, 2.45) is 0 Å². The van der Waals surface area contributed by atoms with Gasteiger partial charge in [-0.1, -0.05) is 21.1 Å². The largest absolute Gasteiger partial charge is 0.497 e. The lowest BCUT2D eigenvalue weighted by Crippen LogP contribution is -2.01. The smallest absolute Gasteiger partial charge is 0.331 e. The fourth-order valence-electron chi connectivity index (χ4n) is 2.39. The van der Waals surface area contributed by atoms with E-state index in [-0.39, 0.29) is 23.9 Å². The summed E-state index contributed by atoms with van der Waals surface area (Å²) >= 11 is 3.24. The molecule has 0 spiro atoms. The third kappa shape index (κ3) is 5.20. The summed E-state index contributed by atoms with van der Waals surface area (Å²) in [5.74, 6) is 0.388. The third-order valence-corrected chi connectivity index (χ3v) is 4.31. The molecule has 0 aliphatic rings. The highest BCUT2D eigenvalue weighted by Crippen LogP contribution is 2.31. The second-order valence-corrected chi connectivity index (χ2v) is 6.60. The number of halogens is 2. The molecule has 0 bridgehead atoms. The molecule has 0 saturated heterocycles. The van der Waals surface area contributed by atoms with Crippen molar-refractivity contribution in [3.05, 3.63) is 64.2 Å². The fourth-order valence-corrected chi connectivity index (χ4v) is 2.77. The van der Waals surface area contributed by atoms with E-state index < -0.39 is 11.8 Å². The molecule has 0 amide bonds. The monoisotopic (exact) mass is 462 g/mol. The van der Waals surface area contributed by atoms with Gasteiger partial charge in [0.1, 0.15) is 17.3 Å². The normalized spacial score (nSPS) is 10.9. The van der Waals surface area contributed by atoms with Gasteiger partial charge in [-0.2, -0.15) is 4.98 Å². The van der Waals surface area contributed by atoms with Crippen LogP contribution in [0.25, 0.3) is 17.5 Å². The molecule has 9 heteroatoms. The predicted molar refractivity (Wildman–Crippen MR) is 106 cm³/mol. The first-order chi connectivity index (χ1) is 14.0. The summed E-state index contributed by atoms with van der Waals surface area (Å²) in [5, 5.41) is 3.87. The Balaban J connectivity index is 1.64. The minimum absolute atomic E-state index is 0.105. The molecular formula is C20H16BrFN2O5. The number of ether oxygens (including phenoxy) is 3. The van der Waals surface area contributed by atoms with Gasteiger partial charge >= 0.3 is 5.97 Å². The summed E-state index contributed by atoms with van der Waals surface area (Å²) in [5.41, 5.74) is 0.850. The van der Waals surface area contributed by atoms with Gasteiger partial charge in [0.2, 0.25) is 5.82 Å². The topological polar surface area (TPSA) is 83.7 Å². The lowest BCUT2D eigenvalue weighted by atomic mass is 10.2. The van der Waals surface area contributed by atoms with Crippen molar-refractivity contribution < 1.29 is 27.9 Å². The molecule has 3 rings (SSSR count). The Morgan fingerprint density at radius 1 is 1.21 bits per heavy atom. The number of benzene rings is 2. The Labute approximate surface area is 174 Å². The first-order valence-electron chi connectivity index (χ1n) is 8.35. The number of hydrogen-bond donors (Lipinski definition) is 0. The second-order valence-electron chi connectivity index (χ2n) is 5.68. The number of rotatable bonds is 7. The van der Waals surface area contributed by atoms with Crippen molar-refractivity contribution in [2.45, 2.75) is 6.61 Å². The van der Waals surface area contributed by atoms with Gasteiger partial charge in [0.25, 0.3) is 5.89 Å². The summed E-state index contributed by atoms with van der Waals surface area (Å²) in [6, 6.07) is 9.56. The highest BCUT2D eigenvalue weighted by atomic mass is 79.9. The van der Waals surface area contributed by atoms with E-state index in [1.165, 1.54) is 19.3 Å². The second kappa shape index (κ2) is 9.33. The molecule has 0 radical (unpaired) electrons. The van der Waals surface area contributed by atoms with Crippen molar-refractivity contribution in [1.29, 1.82) is 0 Å². The summed E-state index contributed by atoms with van der Waals surface area (Å²) in [6.07, 6.45) is 2.44. The van der Waals surface area contributed by atoms with Gasteiger partial charge in [0.15, 0.2) is 6.61 Å². The van der Waals surface area contributed by atoms with Crippen LogP contribution in [0.2, 0.25) is 0 Å². The van der Waals surface area contributed by atoms with E-state index in [1.807, 2.05) is 0 Å². The molecule has 0 aliphatic carbocycles. The van der Waals surface area contributed by atoms with Crippen LogP contribution in [0, 0.1) is 5.82 Å². The Kier molecular flexibility index (Phi) is 6.61. The van der Waals surface area contributed by atoms with Crippen LogP contribution in [-0.4, -0.2) is 30.3 Å². The number of hydrogen-bond acceptors (Lipinski definition) is 7. The van der Waals surface area contributed by atoms with Gasteiger partial charge in [0, 0.05) is 22.2 Å². The highest BCUT2D eigenvalue weighted by molar-refractivity contribution is 9.10. The number of nitrogens with zero attached hydrogens (tertiary/aromatic N) is 2. The van der Waals surface area contributed by atoms with Gasteiger partial charge in [-0.3, -0.25) is 0 Å². The van der Waals surface area contributed by atoms with Gasteiger partial charge < -0.3 is 18.7 Å². The summed E-state index contributed by atoms with van der Waals surface area (Å²) in [7, 11) is 3.07. The third-order valence-electron chi connectivity index (χ3n) is 3.81. The predicted octanol–water partition coefficient (Wildman–Crippen LogP) is 4.41. The zero-order valence-electron chi connectivity index (χ0n) is 15.5. The first kappa shape index (κ1) is 20.5. The molecule has 0 saturated carbocycles. The molecule has 0 unspecified atom stereocenters. The summed E-state index contributed by atoms with van der Waals surface area (Å²) < 4.78 is 35.0. The molecule has 3 aromatic rings. The molecule has 150 valence electrons. The highest BCUT2D eigenvalue weighted by Gasteiger charge is 2.15. The molecule has 0 atom stereocenters. The average Bonchev–Trinajstić information content (AvgIpc) is 3.21. The van der Waals surface area contributed by atoms with Crippen LogP contribution in [0.3, 0.4) is 0 Å². The minimum atomic E-state index is -0.675. The first-order valence-corrected chi connectivity index (χ1v) is 9.14. The molecule has 29 heavy (non-hydrogen) atoms. The van der Waals surface area contributed by atoms with Crippen LogP contribution < -0.4 is 9.47 Å². The van der Waals surface area contributed by atoms with E-state index in [9.17, 15) is 9.18 Å². The van der Waals surface area contributed by atoms with Gasteiger partial charge in [0.05, 0.1) is 19.8 Å². The maximum atomic E-state index is 13.7. The van der Waals surface area contributed by atoms with Crippen LogP contribution in [0.1, 0.15) is 11.5 Å². The Morgan fingerprint density at radius 3 is 2.79 bits per heavy atom. The number of carbonyl (C=O) groups is 1. The van der Waals surface area contributed by atoms with Crippen LogP contribution in [-0.2, 0) is 16.1 Å². The van der Waals surface area contributed by atoms with Crippen molar-refractivity contribution in [3.63, 3.8) is 0 Å². The molecule has 2 aromatic carbocycles. The number of methoxy groups -OCH3 is 2. The van der Waals surface area contributed by atoms with E-state index in [0.29, 0.717) is 21.5 Å². The molecular weight excluding hydrogens is 447 g/mol. The zero-order chi connectivity index (χ0) is 20.8. The Morgan fingerprint density at radius 2 is 2.03 bits per heavy atom. The van der Waals surface area contributed by atoms with Crippen LogP contribution in [0.5, 0.6) is 11.5 Å². The lowest BCUT2D eigenvalue weighted by molar-refractivity contribution is -0.139. The zero-order valence-corrected chi connectivity index (χ0v) is 17.1. The number of esters is 1. The van der Waals surface area contributed by atoms with E-state index >= 15 is 0 Å². The number of aromatic nitrogens is 2. The average molecular weight is 463 g/mol. The SMILES string of the molecule is COc1ccc(-c2noc(COC(=O)/C=C/c3cc(Br)ccc3F)n2)c(OC)c1. The van der Waals surface area contributed by atoms with Crippen LogP contribution >= 0.6 is 15.9 Å². The van der Waals surface area contributed by atoms with E-state index in [2.05, 4.69) is 26.1 Å². The molecule has 7 nitrogen and oxygen atoms in total. The van der Waals surface area contributed by atoms with E-state index in [1.54, 1.807) is 37.4 Å². The van der Waals surface area contributed by atoms with Gasteiger partial charge in [-0.25, -0.2) is 9.18 Å². The fraction of sp³-hybridized carbons (Fsp3) is 0.150. The van der Waals surface area contributed by atoms with Crippen molar-refractivity contribution in [1.82, 2.24) is 10.1 Å². The number of carbonyl (C=O) groups excluding carboxylic acids is 1. The summed E-state index contributed by atoms with van der Waals surface area (Å²) in [6.45, 7) is -0.227. The quantitative estimate of drug-likeness (QED) is 0.379. The van der Waals surface area contributed by atoms with Gasteiger partial charge in [-0.05, 0) is 36.4 Å². The minimum Gasteiger partial charge on any atom is -0.497 e. The Bertz CT molecular complexity index is 1050. The molecule has 1 aromatic heterocycles. The van der Waals surface area contributed by atoms with Gasteiger partial charge in [-0.15, -0.1) is 0 Å². The maximum Gasteiger partial charge on any atom is 0.331 e.